The van der Waals surface area contributed by atoms with Crippen LogP contribution >= 0.6 is 0 Å². The summed E-state index contributed by atoms with van der Waals surface area (Å²) in [6, 6.07) is 0. The van der Waals surface area contributed by atoms with Gasteiger partial charge in [-0.1, -0.05) is 6.58 Å². The van der Waals surface area contributed by atoms with E-state index in [9.17, 15) is 19.2 Å². The topological polar surface area (TPSA) is 86.7 Å². The molecule has 2 atom stereocenters. The zero-order chi connectivity index (χ0) is 16.8. The number of ketones is 2. The second-order valence-corrected chi connectivity index (χ2v) is 7.10. The van der Waals surface area contributed by atoms with Crippen molar-refractivity contribution >= 4 is 23.5 Å². The van der Waals surface area contributed by atoms with E-state index in [2.05, 4.69) is 11.3 Å². The molecule has 4 saturated carbocycles. The highest BCUT2D eigenvalue weighted by atomic mass is 16.6. The molecule has 0 spiro atoms. The van der Waals surface area contributed by atoms with E-state index in [0.29, 0.717) is 18.8 Å². The van der Waals surface area contributed by atoms with Crippen LogP contribution in [0.25, 0.3) is 0 Å². The lowest BCUT2D eigenvalue weighted by Crippen LogP contribution is -2.57. The molecule has 0 amide bonds. The summed E-state index contributed by atoms with van der Waals surface area (Å²) < 4.78 is 10.2. The van der Waals surface area contributed by atoms with Gasteiger partial charge in [-0.15, -0.1) is 0 Å². The predicted octanol–water partition coefficient (Wildman–Crippen LogP) is 1.37. The van der Waals surface area contributed by atoms with Gasteiger partial charge >= 0.3 is 11.9 Å². The first-order valence-corrected chi connectivity index (χ1v) is 7.92. The number of ether oxygens (including phenoxy) is 2. The van der Waals surface area contributed by atoms with Crippen molar-refractivity contribution < 1.29 is 28.7 Å². The summed E-state index contributed by atoms with van der Waals surface area (Å²) in [5.41, 5.74) is -0.527. The average molecular weight is 320 g/mol. The minimum absolute atomic E-state index is 0.0367. The van der Waals surface area contributed by atoms with Crippen LogP contribution in [0.5, 0.6) is 0 Å². The van der Waals surface area contributed by atoms with Crippen LogP contribution in [0, 0.1) is 17.8 Å². The molecule has 23 heavy (non-hydrogen) atoms. The van der Waals surface area contributed by atoms with Gasteiger partial charge in [-0.2, -0.15) is 0 Å². The van der Waals surface area contributed by atoms with E-state index in [1.807, 2.05) is 0 Å². The Hall–Kier alpha value is -1.98. The van der Waals surface area contributed by atoms with Gasteiger partial charge < -0.3 is 9.47 Å². The third-order valence-corrected chi connectivity index (χ3v) is 5.16. The number of Topliss-reactive ketones (excluding diaryl/α,β-unsaturated/α-hetero) is 2. The lowest BCUT2D eigenvalue weighted by Gasteiger charge is -2.54. The minimum Gasteiger partial charge on any atom is -0.454 e. The Morgan fingerprint density at radius 1 is 1.13 bits per heavy atom. The van der Waals surface area contributed by atoms with Crippen molar-refractivity contribution in [2.24, 2.45) is 17.8 Å². The third-order valence-electron chi connectivity index (χ3n) is 5.16. The molecule has 0 aromatic carbocycles. The van der Waals surface area contributed by atoms with Crippen LogP contribution in [0.3, 0.4) is 0 Å². The molecule has 2 unspecified atom stereocenters. The third kappa shape index (κ3) is 2.94. The van der Waals surface area contributed by atoms with Crippen molar-refractivity contribution in [2.45, 2.75) is 44.6 Å². The summed E-state index contributed by atoms with van der Waals surface area (Å²) >= 11 is 0. The molecule has 0 aliphatic heterocycles. The molecule has 4 aliphatic carbocycles. The average Bonchev–Trinajstić information content (AvgIpc) is 2.48. The fraction of sp³-hybridized carbons (Fsp3) is 0.647. The summed E-state index contributed by atoms with van der Waals surface area (Å²) in [5.74, 6) is -1.97. The summed E-state index contributed by atoms with van der Waals surface area (Å²) in [6.07, 6.45) is 3.50. The Balaban J connectivity index is 1.60. The Morgan fingerprint density at radius 2 is 1.74 bits per heavy atom. The van der Waals surface area contributed by atoms with Crippen LogP contribution in [0.1, 0.15) is 39.0 Å². The second-order valence-electron chi connectivity index (χ2n) is 7.10. The maximum Gasteiger partial charge on any atom is 0.378 e. The van der Waals surface area contributed by atoms with Gasteiger partial charge in [-0.05, 0) is 44.9 Å². The van der Waals surface area contributed by atoms with Crippen molar-refractivity contribution in [2.75, 3.05) is 6.61 Å². The molecule has 0 N–H and O–H groups in total. The molecule has 0 aromatic heterocycles. The molecule has 0 aromatic rings. The fourth-order valence-corrected chi connectivity index (χ4v) is 4.37. The van der Waals surface area contributed by atoms with Gasteiger partial charge in [0.1, 0.15) is 11.4 Å². The highest BCUT2D eigenvalue weighted by molar-refractivity contribution is 6.34. The van der Waals surface area contributed by atoms with Gasteiger partial charge in [-0.3, -0.25) is 9.59 Å². The first-order chi connectivity index (χ1) is 10.8. The van der Waals surface area contributed by atoms with Crippen LogP contribution in [-0.4, -0.2) is 35.7 Å². The molecule has 124 valence electrons. The van der Waals surface area contributed by atoms with Crippen LogP contribution in [0.15, 0.2) is 12.2 Å². The van der Waals surface area contributed by atoms with Crippen molar-refractivity contribution in [3.8, 4) is 0 Å². The van der Waals surface area contributed by atoms with Gasteiger partial charge in [0.2, 0.25) is 0 Å². The Kier molecular flexibility index (Phi) is 3.86. The highest BCUT2D eigenvalue weighted by Crippen LogP contribution is 2.55. The molecular formula is C17H20O6. The van der Waals surface area contributed by atoms with Gasteiger partial charge in [0, 0.05) is 17.4 Å². The number of rotatable bonds is 5. The van der Waals surface area contributed by atoms with Gasteiger partial charge in [-0.25, -0.2) is 9.59 Å². The fourth-order valence-electron chi connectivity index (χ4n) is 4.37. The Morgan fingerprint density at radius 3 is 2.30 bits per heavy atom. The van der Waals surface area contributed by atoms with E-state index in [0.717, 1.165) is 19.3 Å². The van der Waals surface area contributed by atoms with Crippen LogP contribution < -0.4 is 0 Å². The van der Waals surface area contributed by atoms with E-state index in [1.54, 1.807) is 0 Å². The smallest absolute Gasteiger partial charge is 0.378 e. The molecule has 0 heterocycles. The Bertz CT molecular complexity index is 586. The molecule has 6 heteroatoms. The molecule has 4 bridgehead atoms. The van der Waals surface area contributed by atoms with Crippen molar-refractivity contribution in [3.05, 3.63) is 12.2 Å². The monoisotopic (exact) mass is 320 g/mol. The standard InChI is InChI=1S/C17H20O6/c1-9(2)15(20)22-8-13(18)16(21)23-17-5-10-3-11(6-17)14(19)12(4-10)7-17/h10-12H,1,3-8H2,2H3. The first kappa shape index (κ1) is 15.9. The van der Waals surface area contributed by atoms with Crippen molar-refractivity contribution in [1.29, 1.82) is 0 Å². The van der Waals surface area contributed by atoms with Crippen LogP contribution in [0.4, 0.5) is 0 Å². The molecule has 4 rings (SSSR count). The summed E-state index contributed by atoms with van der Waals surface area (Å²) in [6.45, 7) is 4.21. The quantitative estimate of drug-likeness (QED) is 0.432. The number of carbonyl (C=O) groups excluding carboxylic acids is 4. The van der Waals surface area contributed by atoms with Gasteiger partial charge in [0.25, 0.3) is 5.78 Å². The lowest BCUT2D eigenvalue weighted by atomic mass is 9.53. The summed E-state index contributed by atoms with van der Waals surface area (Å²) in [4.78, 5) is 47.2. The van der Waals surface area contributed by atoms with Crippen molar-refractivity contribution in [1.82, 2.24) is 0 Å². The SMILES string of the molecule is C=C(C)C(=O)OCC(=O)C(=O)OC12CC3CC(C1)C(=O)C(C3)C2. The largest absolute Gasteiger partial charge is 0.454 e. The first-order valence-electron chi connectivity index (χ1n) is 7.92. The van der Waals surface area contributed by atoms with Crippen LogP contribution in [-0.2, 0) is 28.7 Å². The number of esters is 2. The van der Waals surface area contributed by atoms with Crippen LogP contribution in [0.2, 0.25) is 0 Å². The molecule has 6 nitrogen and oxygen atoms in total. The van der Waals surface area contributed by atoms with E-state index in [4.69, 9.17) is 4.74 Å². The van der Waals surface area contributed by atoms with Gasteiger partial charge in [0.15, 0.2) is 6.61 Å². The molecule has 4 fully saturated rings. The van der Waals surface area contributed by atoms with E-state index < -0.39 is 29.9 Å². The Labute approximate surface area is 134 Å². The summed E-state index contributed by atoms with van der Waals surface area (Å²) in [5, 5.41) is 0. The maximum atomic E-state index is 12.1. The number of carbonyl (C=O) groups is 4. The number of hydrogen-bond acceptors (Lipinski definition) is 6. The zero-order valence-corrected chi connectivity index (χ0v) is 13.1. The summed E-state index contributed by atoms with van der Waals surface area (Å²) in [7, 11) is 0. The van der Waals surface area contributed by atoms with Crippen molar-refractivity contribution in [3.63, 3.8) is 0 Å². The normalized spacial score (nSPS) is 34.1. The molecule has 0 saturated heterocycles. The van der Waals surface area contributed by atoms with E-state index in [1.165, 1.54) is 6.92 Å². The highest BCUT2D eigenvalue weighted by Gasteiger charge is 2.57. The molecule has 0 radical (unpaired) electrons. The van der Waals surface area contributed by atoms with Gasteiger partial charge in [0.05, 0.1) is 0 Å². The second kappa shape index (κ2) is 5.58. The predicted molar refractivity (Wildman–Crippen MR) is 78.2 cm³/mol. The molecular weight excluding hydrogens is 300 g/mol. The zero-order valence-electron chi connectivity index (χ0n) is 13.1. The lowest BCUT2D eigenvalue weighted by molar-refractivity contribution is -0.191. The maximum absolute atomic E-state index is 12.1. The van der Waals surface area contributed by atoms with E-state index >= 15 is 0 Å². The minimum atomic E-state index is -0.978. The van der Waals surface area contributed by atoms with E-state index in [-0.39, 0.29) is 23.2 Å². The number of hydrogen-bond donors (Lipinski definition) is 0. The molecule has 4 aliphatic rings.